The molecule has 2 aromatic heterocycles. The molecular weight excluding hydrogens is 485 g/mol. The molecule has 1 fully saturated rings. The van der Waals surface area contributed by atoms with Gasteiger partial charge in [-0.2, -0.15) is 13.2 Å². The summed E-state index contributed by atoms with van der Waals surface area (Å²) in [6.45, 7) is 2.95. The van der Waals surface area contributed by atoms with Crippen molar-refractivity contribution in [3.63, 3.8) is 0 Å². The number of hydrogen-bond acceptors (Lipinski definition) is 4. The number of aryl methyl sites for hydroxylation is 1. The van der Waals surface area contributed by atoms with Crippen LogP contribution in [0.3, 0.4) is 0 Å². The van der Waals surface area contributed by atoms with E-state index >= 15 is 0 Å². The number of ether oxygens (including phenoxy) is 1. The molecule has 0 spiro atoms. The van der Waals surface area contributed by atoms with Gasteiger partial charge in [0, 0.05) is 42.7 Å². The second-order valence-electron chi connectivity index (χ2n) is 9.41. The van der Waals surface area contributed by atoms with Crippen LogP contribution in [0.4, 0.5) is 13.2 Å². The molecule has 7 nitrogen and oxygen atoms in total. The molecule has 11 heteroatoms. The van der Waals surface area contributed by atoms with E-state index in [1.165, 1.54) is 4.57 Å². The van der Waals surface area contributed by atoms with E-state index < -0.39 is 17.2 Å². The van der Waals surface area contributed by atoms with Gasteiger partial charge < -0.3 is 18.8 Å². The lowest BCUT2D eigenvalue weighted by Gasteiger charge is -2.35. The third-order valence-electron chi connectivity index (χ3n) is 7.29. The van der Waals surface area contributed by atoms with Crippen molar-refractivity contribution in [2.75, 3.05) is 19.7 Å². The summed E-state index contributed by atoms with van der Waals surface area (Å²) in [5.74, 6) is -0.0686. The molecule has 2 aliphatic heterocycles. The van der Waals surface area contributed by atoms with Crippen molar-refractivity contribution >= 4 is 17.5 Å². The summed E-state index contributed by atoms with van der Waals surface area (Å²) in [4.78, 5) is 32.2. The van der Waals surface area contributed by atoms with Gasteiger partial charge >= 0.3 is 6.18 Å². The van der Waals surface area contributed by atoms with Crippen molar-refractivity contribution in [3.8, 4) is 11.4 Å². The van der Waals surface area contributed by atoms with Crippen LogP contribution in [0.25, 0.3) is 5.69 Å². The first-order valence-corrected chi connectivity index (χ1v) is 11.5. The minimum Gasteiger partial charge on any atom is -0.491 e. The average Bonchev–Trinajstić information content (AvgIpc) is 3.37. The summed E-state index contributed by atoms with van der Waals surface area (Å²) < 4.78 is 49.2. The fourth-order valence-electron chi connectivity index (χ4n) is 5.37. The van der Waals surface area contributed by atoms with Gasteiger partial charge in [0.25, 0.3) is 11.5 Å². The van der Waals surface area contributed by atoms with Crippen molar-refractivity contribution < 1.29 is 22.7 Å². The molecule has 3 aliphatic rings. The van der Waals surface area contributed by atoms with Gasteiger partial charge in [-0.25, -0.2) is 4.98 Å². The Labute approximate surface area is 202 Å². The number of rotatable bonds is 3. The molecule has 0 saturated heterocycles. The number of imidazole rings is 1. The second-order valence-corrected chi connectivity index (χ2v) is 9.82. The van der Waals surface area contributed by atoms with Crippen molar-refractivity contribution in [2.45, 2.75) is 31.5 Å². The lowest BCUT2D eigenvalue weighted by atomic mass is 9.88. The Morgan fingerprint density at radius 2 is 2.03 bits per heavy atom. The van der Waals surface area contributed by atoms with Crippen LogP contribution in [-0.2, 0) is 18.1 Å². The van der Waals surface area contributed by atoms with E-state index in [-0.39, 0.29) is 53.5 Å². The summed E-state index contributed by atoms with van der Waals surface area (Å²) in [7, 11) is 0. The number of alkyl halides is 3. The normalized spacial score (nSPS) is 22.8. The molecule has 6 rings (SSSR count). The van der Waals surface area contributed by atoms with Crippen molar-refractivity contribution in [1.29, 1.82) is 0 Å². The van der Waals surface area contributed by atoms with E-state index in [0.717, 1.165) is 17.8 Å². The van der Waals surface area contributed by atoms with E-state index in [1.807, 2.05) is 6.92 Å². The Morgan fingerprint density at radius 3 is 2.74 bits per heavy atom. The first kappa shape index (κ1) is 22.2. The standard InChI is InChI=1S/C24H20ClF3N4O3/c1-13-9-31(12-29-13)18-2-3-19-21(33)30(4-5-32(19)22(18)34)11-23-8-15(23)10-35-20-16(23)6-14(7-17(20)25)24(26,27)28/h2-3,6-7,9,12,15H,4-5,8,10-11H2,1H3. The average molecular weight is 505 g/mol. The van der Waals surface area contributed by atoms with Crippen LogP contribution in [0, 0.1) is 12.8 Å². The number of aromatic nitrogens is 3. The van der Waals surface area contributed by atoms with Gasteiger partial charge in [-0.05, 0) is 37.6 Å². The first-order chi connectivity index (χ1) is 16.6. The molecule has 0 bridgehead atoms. The molecule has 4 heterocycles. The lowest BCUT2D eigenvalue weighted by molar-refractivity contribution is -0.137. The molecule has 1 aromatic carbocycles. The summed E-state index contributed by atoms with van der Waals surface area (Å²) in [5.41, 5.74) is 0.0294. The van der Waals surface area contributed by atoms with Gasteiger partial charge in [-0.3, -0.25) is 9.59 Å². The molecule has 1 aliphatic carbocycles. The molecule has 2 atom stereocenters. The largest absolute Gasteiger partial charge is 0.491 e. The number of benzene rings is 1. The summed E-state index contributed by atoms with van der Waals surface area (Å²) in [6, 6.07) is 5.19. The van der Waals surface area contributed by atoms with Crippen LogP contribution < -0.4 is 10.3 Å². The van der Waals surface area contributed by atoms with Crippen molar-refractivity contribution in [3.05, 3.63) is 74.7 Å². The number of amides is 1. The first-order valence-electron chi connectivity index (χ1n) is 11.2. The Hall–Kier alpha value is -3.27. The maximum absolute atomic E-state index is 13.5. The molecule has 0 radical (unpaired) electrons. The summed E-state index contributed by atoms with van der Waals surface area (Å²) in [5, 5.41) is -0.0799. The van der Waals surface area contributed by atoms with Gasteiger partial charge in [0.1, 0.15) is 17.1 Å². The fourth-order valence-corrected chi connectivity index (χ4v) is 5.64. The van der Waals surface area contributed by atoms with E-state index in [2.05, 4.69) is 4.98 Å². The SMILES string of the molecule is Cc1cn(-c2ccc3n(c2=O)CCN(CC24CC2COc2c(Cl)cc(C(F)(F)F)cc24)C3=O)cn1. The highest BCUT2D eigenvalue weighted by Gasteiger charge is 2.61. The number of carbonyl (C=O) groups is 1. The Balaban J connectivity index is 1.33. The molecule has 1 amide bonds. The minimum absolute atomic E-state index is 0.00155. The van der Waals surface area contributed by atoms with Crippen LogP contribution in [0.15, 0.2) is 41.6 Å². The zero-order valence-electron chi connectivity index (χ0n) is 18.6. The van der Waals surface area contributed by atoms with Crippen LogP contribution in [0.2, 0.25) is 5.02 Å². The molecular formula is C24H20ClF3N4O3. The quantitative estimate of drug-likeness (QED) is 0.544. The van der Waals surface area contributed by atoms with Gasteiger partial charge in [0.05, 0.1) is 29.2 Å². The zero-order chi connectivity index (χ0) is 24.7. The van der Waals surface area contributed by atoms with Crippen molar-refractivity contribution in [2.24, 2.45) is 5.92 Å². The number of hydrogen-bond donors (Lipinski definition) is 0. The third kappa shape index (κ3) is 3.37. The van der Waals surface area contributed by atoms with Gasteiger partial charge in [-0.1, -0.05) is 11.6 Å². The highest BCUT2D eigenvalue weighted by Crippen LogP contribution is 2.61. The van der Waals surface area contributed by atoms with E-state index in [9.17, 15) is 22.8 Å². The third-order valence-corrected chi connectivity index (χ3v) is 7.57. The number of halogens is 4. The smallest absolute Gasteiger partial charge is 0.416 e. The Bertz CT molecular complexity index is 1450. The van der Waals surface area contributed by atoms with Gasteiger partial charge in [0.15, 0.2) is 0 Å². The summed E-state index contributed by atoms with van der Waals surface area (Å²) >= 11 is 6.17. The minimum atomic E-state index is -4.55. The monoisotopic (exact) mass is 504 g/mol. The Morgan fingerprint density at radius 1 is 1.23 bits per heavy atom. The zero-order valence-corrected chi connectivity index (χ0v) is 19.4. The van der Waals surface area contributed by atoms with E-state index in [1.54, 1.807) is 34.1 Å². The van der Waals surface area contributed by atoms with E-state index in [4.69, 9.17) is 16.3 Å². The number of fused-ring (bicyclic) bond motifs is 4. The molecule has 182 valence electrons. The van der Waals surface area contributed by atoms with Gasteiger partial charge in [-0.15, -0.1) is 0 Å². The van der Waals surface area contributed by atoms with Crippen LogP contribution in [0.5, 0.6) is 5.75 Å². The molecule has 0 N–H and O–H groups in total. The predicted molar refractivity (Wildman–Crippen MR) is 120 cm³/mol. The Kier molecular flexibility index (Phi) is 4.67. The molecule has 2 unspecified atom stereocenters. The molecule has 3 aromatic rings. The maximum atomic E-state index is 13.5. The van der Waals surface area contributed by atoms with E-state index in [0.29, 0.717) is 24.3 Å². The van der Waals surface area contributed by atoms with Gasteiger partial charge in [0.2, 0.25) is 0 Å². The van der Waals surface area contributed by atoms with Crippen LogP contribution >= 0.6 is 11.6 Å². The number of pyridine rings is 1. The molecule has 35 heavy (non-hydrogen) atoms. The number of nitrogens with zero attached hydrogens (tertiary/aromatic N) is 4. The fraction of sp³-hybridized carbons (Fsp3) is 0.375. The van der Waals surface area contributed by atoms with Crippen LogP contribution in [-0.4, -0.2) is 44.6 Å². The lowest BCUT2D eigenvalue weighted by Crippen LogP contribution is -2.48. The number of carbonyl (C=O) groups excluding carboxylic acids is 1. The second kappa shape index (κ2) is 7.36. The topological polar surface area (TPSA) is 69.4 Å². The molecule has 1 saturated carbocycles. The van der Waals surface area contributed by atoms with Crippen LogP contribution in [0.1, 0.15) is 33.7 Å². The maximum Gasteiger partial charge on any atom is 0.416 e. The highest BCUT2D eigenvalue weighted by molar-refractivity contribution is 6.32. The predicted octanol–water partition coefficient (Wildman–Crippen LogP) is 3.82. The van der Waals surface area contributed by atoms with Crippen molar-refractivity contribution in [1.82, 2.24) is 19.0 Å². The highest BCUT2D eigenvalue weighted by atomic mass is 35.5. The summed E-state index contributed by atoms with van der Waals surface area (Å²) in [6.07, 6.45) is -0.664.